The van der Waals surface area contributed by atoms with Crippen molar-refractivity contribution >= 4 is 28.6 Å². The smallest absolute Gasteiger partial charge is 0.408 e. The lowest BCUT2D eigenvalue weighted by atomic mass is 10.1. The first-order valence-electron chi connectivity index (χ1n) is 5.94. The number of oxazole rings is 1. The van der Waals surface area contributed by atoms with Crippen LogP contribution in [0.15, 0.2) is 27.4 Å². The van der Waals surface area contributed by atoms with Gasteiger partial charge in [0.1, 0.15) is 0 Å². The highest BCUT2D eigenvalue weighted by Crippen LogP contribution is 2.15. The van der Waals surface area contributed by atoms with Crippen LogP contribution in [0.1, 0.15) is 30.1 Å². The second kappa shape index (κ2) is 5.91. The number of carbonyl (C=O) groups excluding carboxylic acids is 1. The minimum absolute atomic E-state index is 0.0712. The Morgan fingerprint density at radius 2 is 2.28 bits per heavy atom. The van der Waals surface area contributed by atoms with Gasteiger partial charge in [-0.05, 0) is 30.4 Å². The van der Waals surface area contributed by atoms with E-state index in [-0.39, 0.29) is 5.78 Å². The van der Waals surface area contributed by atoms with Gasteiger partial charge in [0.15, 0.2) is 11.4 Å². The molecular formula is C13H15NO3S. The molecule has 0 fully saturated rings. The number of fused-ring (bicyclic) bond motifs is 1. The van der Waals surface area contributed by atoms with Gasteiger partial charge in [0.25, 0.3) is 0 Å². The fourth-order valence-corrected chi connectivity index (χ4v) is 2.60. The Bertz CT molecular complexity index is 600. The summed E-state index contributed by atoms with van der Waals surface area (Å²) in [7, 11) is 0. The van der Waals surface area contributed by atoms with Gasteiger partial charge in [-0.1, -0.05) is 13.3 Å². The molecule has 0 radical (unpaired) electrons. The monoisotopic (exact) mass is 265 g/mol. The van der Waals surface area contributed by atoms with Crippen molar-refractivity contribution in [1.82, 2.24) is 4.98 Å². The lowest BCUT2D eigenvalue weighted by Crippen LogP contribution is -2.02. The molecule has 96 valence electrons. The summed E-state index contributed by atoms with van der Waals surface area (Å²) in [6, 6.07) is 5.04. The summed E-state index contributed by atoms with van der Waals surface area (Å²) in [5.74, 6) is 1.05. The van der Waals surface area contributed by atoms with E-state index in [1.165, 1.54) is 0 Å². The summed E-state index contributed by atoms with van der Waals surface area (Å²) in [5, 5.41) is 0. The third kappa shape index (κ3) is 3.04. The fraction of sp³-hybridized carbons (Fsp3) is 0.385. The molecule has 1 aromatic carbocycles. The zero-order valence-corrected chi connectivity index (χ0v) is 11.0. The molecule has 0 atom stereocenters. The van der Waals surface area contributed by atoms with Crippen molar-refractivity contribution in [2.75, 3.05) is 11.5 Å². The third-order valence-electron chi connectivity index (χ3n) is 2.62. The molecule has 1 aromatic heterocycles. The van der Waals surface area contributed by atoms with E-state index in [2.05, 4.69) is 11.9 Å². The molecule has 0 aliphatic heterocycles. The first-order valence-corrected chi connectivity index (χ1v) is 7.10. The second-order valence-electron chi connectivity index (χ2n) is 4.05. The number of rotatable bonds is 6. The van der Waals surface area contributed by atoms with Crippen LogP contribution in [0, 0.1) is 0 Å². The van der Waals surface area contributed by atoms with Gasteiger partial charge >= 0.3 is 5.76 Å². The molecule has 0 saturated carbocycles. The number of hydrogen-bond acceptors (Lipinski definition) is 4. The van der Waals surface area contributed by atoms with Crippen molar-refractivity contribution in [3.05, 3.63) is 34.3 Å². The average molecular weight is 265 g/mol. The van der Waals surface area contributed by atoms with Crippen molar-refractivity contribution in [2.45, 2.75) is 19.8 Å². The average Bonchev–Trinajstić information content (AvgIpc) is 2.73. The molecule has 2 aromatic rings. The van der Waals surface area contributed by atoms with Crippen LogP contribution in [-0.2, 0) is 0 Å². The van der Waals surface area contributed by atoms with Gasteiger partial charge < -0.3 is 4.42 Å². The number of thioether (sulfide) groups is 1. The molecule has 2 rings (SSSR count). The van der Waals surface area contributed by atoms with Gasteiger partial charge in [-0.2, -0.15) is 11.8 Å². The zero-order chi connectivity index (χ0) is 13.0. The normalized spacial score (nSPS) is 10.9. The number of aromatic amines is 1. The minimum Gasteiger partial charge on any atom is -0.408 e. The molecule has 0 unspecified atom stereocenters. The first kappa shape index (κ1) is 13.0. The van der Waals surface area contributed by atoms with Gasteiger partial charge in [0.2, 0.25) is 0 Å². The first-order chi connectivity index (χ1) is 8.70. The van der Waals surface area contributed by atoms with Crippen molar-refractivity contribution in [3.8, 4) is 0 Å². The van der Waals surface area contributed by atoms with E-state index < -0.39 is 5.76 Å². The highest BCUT2D eigenvalue weighted by atomic mass is 32.2. The maximum Gasteiger partial charge on any atom is 0.417 e. The standard InChI is InChI=1S/C13H15NO3S/c1-2-3-6-18-8-11(15)9-4-5-10-12(7-9)17-13(16)14-10/h4-5,7H,2-3,6,8H2,1H3,(H,14,16). The van der Waals surface area contributed by atoms with Crippen molar-refractivity contribution in [2.24, 2.45) is 0 Å². The largest absolute Gasteiger partial charge is 0.417 e. The Kier molecular flexibility index (Phi) is 4.25. The number of aromatic nitrogens is 1. The molecule has 18 heavy (non-hydrogen) atoms. The lowest BCUT2D eigenvalue weighted by Gasteiger charge is -2.00. The SMILES string of the molecule is CCCCSCC(=O)c1ccc2[nH]c(=O)oc2c1. The summed E-state index contributed by atoms with van der Waals surface area (Å²) < 4.78 is 4.93. The molecule has 0 aliphatic carbocycles. The zero-order valence-electron chi connectivity index (χ0n) is 10.2. The van der Waals surface area contributed by atoms with E-state index in [1.807, 2.05) is 0 Å². The fourth-order valence-electron chi connectivity index (χ4n) is 1.61. The van der Waals surface area contributed by atoms with E-state index in [4.69, 9.17) is 4.42 Å². The van der Waals surface area contributed by atoms with Crippen LogP contribution < -0.4 is 5.76 Å². The maximum atomic E-state index is 11.9. The number of H-pyrrole nitrogens is 1. The van der Waals surface area contributed by atoms with Crippen molar-refractivity contribution in [3.63, 3.8) is 0 Å². The summed E-state index contributed by atoms with van der Waals surface area (Å²) in [6.45, 7) is 2.13. The van der Waals surface area contributed by atoms with Crippen LogP contribution in [0.3, 0.4) is 0 Å². The highest BCUT2D eigenvalue weighted by Gasteiger charge is 2.09. The van der Waals surface area contributed by atoms with Crippen LogP contribution in [0.5, 0.6) is 0 Å². The predicted octanol–water partition coefficient (Wildman–Crippen LogP) is 2.84. The Balaban J connectivity index is 2.05. The highest BCUT2D eigenvalue weighted by molar-refractivity contribution is 7.99. The lowest BCUT2D eigenvalue weighted by molar-refractivity contribution is 0.102. The number of carbonyl (C=O) groups is 1. The second-order valence-corrected chi connectivity index (χ2v) is 5.16. The third-order valence-corrected chi connectivity index (χ3v) is 3.66. The van der Waals surface area contributed by atoms with Crippen LogP contribution in [0.25, 0.3) is 11.1 Å². The van der Waals surface area contributed by atoms with Crippen LogP contribution in [0.2, 0.25) is 0 Å². The van der Waals surface area contributed by atoms with E-state index in [1.54, 1.807) is 30.0 Å². The van der Waals surface area contributed by atoms with Crippen LogP contribution in [0.4, 0.5) is 0 Å². The predicted molar refractivity (Wildman–Crippen MR) is 73.4 cm³/mol. The summed E-state index contributed by atoms with van der Waals surface area (Å²) in [6.07, 6.45) is 2.27. The molecule has 0 spiro atoms. The topological polar surface area (TPSA) is 63.1 Å². The Hall–Kier alpha value is -1.49. The number of ketones is 1. The Morgan fingerprint density at radius 3 is 3.06 bits per heavy atom. The van der Waals surface area contributed by atoms with Crippen LogP contribution >= 0.6 is 11.8 Å². The van der Waals surface area contributed by atoms with Gasteiger partial charge in [-0.15, -0.1) is 0 Å². The maximum absolute atomic E-state index is 11.9. The summed E-state index contributed by atoms with van der Waals surface area (Å²) >= 11 is 1.64. The summed E-state index contributed by atoms with van der Waals surface area (Å²) in [5.41, 5.74) is 1.65. The number of unbranched alkanes of at least 4 members (excludes halogenated alkanes) is 1. The Morgan fingerprint density at radius 1 is 1.44 bits per heavy atom. The van der Waals surface area contributed by atoms with E-state index in [9.17, 15) is 9.59 Å². The number of benzene rings is 1. The molecule has 1 heterocycles. The van der Waals surface area contributed by atoms with Gasteiger partial charge in [0, 0.05) is 5.56 Å². The molecule has 0 bridgehead atoms. The quantitative estimate of drug-likeness (QED) is 0.644. The van der Waals surface area contributed by atoms with Crippen molar-refractivity contribution in [1.29, 1.82) is 0 Å². The van der Waals surface area contributed by atoms with Gasteiger partial charge in [-0.25, -0.2) is 4.79 Å². The Labute approximate surface area is 109 Å². The van der Waals surface area contributed by atoms with Crippen molar-refractivity contribution < 1.29 is 9.21 Å². The molecule has 4 nitrogen and oxygen atoms in total. The molecular weight excluding hydrogens is 250 g/mol. The minimum atomic E-state index is -0.494. The molecule has 5 heteroatoms. The molecule has 1 N–H and O–H groups in total. The van der Waals surface area contributed by atoms with E-state index in [0.29, 0.717) is 22.4 Å². The van der Waals surface area contributed by atoms with E-state index in [0.717, 1.165) is 18.6 Å². The molecule has 0 aliphatic rings. The number of hydrogen-bond donors (Lipinski definition) is 1. The summed E-state index contributed by atoms with van der Waals surface area (Å²) in [4.78, 5) is 25.5. The van der Waals surface area contributed by atoms with E-state index >= 15 is 0 Å². The van der Waals surface area contributed by atoms with Gasteiger partial charge in [0.05, 0.1) is 11.3 Å². The number of Topliss-reactive ketones (excluding diaryl/α,β-unsaturated/α-hetero) is 1. The van der Waals surface area contributed by atoms with Crippen LogP contribution in [-0.4, -0.2) is 22.3 Å². The molecule has 0 amide bonds. The number of nitrogens with one attached hydrogen (secondary N) is 1. The molecule has 0 saturated heterocycles. The van der Waals surface area contributed by atoms with Gasteiger partial charge in [-0.3, -0.25) is 9.78 Å².